The summed E-state index contributed by atoms with van der Waals surface area (Å²) in [5.74, 6) is 0.0818. The molecule has 0 saturated carbocycles. The largest absolute Gasteiger partial charge is 0.496 e. The first-order valence-electron chi connectivity index (χ1n) is 9.75. The van der Waals surface area contributed by atoms with Crippen molar-refractivity contribution in [3.63, 3.8) is 0 Å². The maximum atomic E-state index is 13.5. The summed E-state index contributed by atoms with van der Waals surface area (Å²) in [5, 5.41) is 1.38. The van der Waals surface area contributed by atoms with Gasteiger partial charge in [-0.05, 0) is 48.4 Å². The summed E-state index contributed by atoms with van der Waals surface area (Å²) in [6.45, 7) is 1.90. The maximum absolute atomic E-state index is 13.5. The molecule has 1 aliphatic carbocycles. The van der Waals surface area contributed by atoms with Crippen molar-refractivity contribution < 1.29 is 17.9 Å². The Hall–Kier alpha value is -2.38. The van der Waals surface area contributed by atoms with Crippen molar-refractivity contribution >= 4 is 42.6 Å². The van der Waals surface area contributed by atoms with Crippen molar-refractivity contribution in [3.05, 3.63) is 70.2 Å². The standard InChI is InChI=1S/C23H22BrNO4S/c1-3-23(14-13-17-18(24)11-12-19(29-2)21(17)23)22(26)25-30(27,28)20-10-6-8-15-7-4-5-9-16(15)20/h4-12H,3,13-14H2,1-2H3,(H,25,26). The lowest BCUT2D eigenvalue weighted by molar-refractivity contribution is -0.125. The maximum Gasteiger partial charge on any atom is 0.264 e. The van der Waals surface area contributed by atoms with Crippen LogP contribution in [0.15, 0.2) is 64.0 Å². The summed E-state index contributed by atoms with van der Waals surface area (Å²) in [5.41, 5.74) is 0.795. The van der Waals surface area contributed by atoms with Crippen molar-refractivity contribution in [2.24, 2.45) is 0 Å². The zero-order valence-corrected chi connectivity index (χ0v) is 19.1. The quantitative estimate of drug-likeness (QED) is 0.565. The van der Waals surface area contributed by atoms with E-state index in [0.29, 0.717) is 30.4 Å². The van der Waals surface area contributed by atoms with Gasteiger partial charge in [-0.3, -0.25) is 4.79 Å². The SMILES string of the molecule is CCC1(C(=O)NS(=O)(=O)c2cccc3ccccc23)CCc2c(Br)ccc(OC)c21. The molecule has 1 amide bonds. The van der Waals surface area contributed by atoms with E-state index >= 15 is 0 Å². The molecule has 0 spiro atoms. The summed E-state index contributed by atoms with van der Waals surface area (Å²) in [6.07, 6.45) is 1.65. The summed E-state index contributed by atoms with van der Waals surface area (Å²) in [4.78, 5) is 13.6. The fraction of sp³-hybridized carbons (Fsp3) is 0.261. The smallest absolute Gasteiger partial charge is 0.264 e. The summed E-state index contributed by atoms with van der Waals surface area (Å²) in [7, 11) is -2.49. The van der Waals surface area contributed by atoms with Gasteiger partial charge in [0, 0.05) is 15.4 Å². The van der Waals surface area contributed by atoms with E-state index in [-0.39, 0.29) is 4.90 Å². The summed E-state index contributed by atoms with van der Waals surface area (Å²) >= 11 is 3.56. The number of amides is 1. The monoisotopic (exact) mass is 487 g/mol. The van der Waals surface area contributed by atoms with E-state index < -0.39 is 21.3 Å². The number of hydrogen-bond acceptors (Lipinski definition) is 4. The lowest BCUT2D eigenvalue weighted by Gasteiger charge is -2.29. The number of rotatable bonds is 5. The van der Waals surface area contributed by atoms with Crippen LogP contribution < -0.4 is 9.46 Å². The molecule has 1 N–H and O–H groups in total. The Morgan fingerprint density at radius 2 is 1.87 bits per heavy atom. The van der Waals surface area contributed by atoms with Crippen molar-refractivity contribution in [2.75, 3.05) is 7.11 Å². The first kappa shape index (κ1) is 20.9. The fourth-order valence-corrected chi connectivity index (χ4v) is 6.26. The highest BCUT2D eigenvalue weighted by molar-refractivity contribution is 9.10. The van der Waals surface area contributed by atoms with Gasteiger partial charge in [0.05, 0.1) is 17.4 Å². The molecule has 0 fully saturated rings. The van der Waals surface area contributed by atoms with Crippen LogP contribution in [0.3, 0.4) is 0 Å². The normalized spacial score (nSPS) is 18.2. The second-order valence-corrected chi connectivity index (χ2v) is 9.96. The van der Waals surface area contributed by atoms with Crippen LogP contribution in [-0.4, -0.2) is 21.4 Å². The van der Waals surface area contributed by atoms with Crippen molar-refractivity contribution in [1.29, 1.82) is 0 Å². The zero-order valence-electron chi connectivity index (χ0n) is 16.7. The molecule has 0 bridgehead atoms. The Morgan fingerprint density at radius 1 is 1.13 bits per heavy atom. The third-order valence-corrected chi connectivity index (χ3v) is 8.15. The highest BCUT2D eigenvalue weighted by atomic mass is 79.9. The van der Waals surface area contributed by atoms with Gasteiger partial charge >= 0.3 is 0 Å². The Morgan fingerprint density at radius 3 is 2.60 bits per heavy atom. The van der Waals surface area contributed by atoms with E-state index in [2.05, 4.69) is 20.7 Å². The molecule has 7 heteroatoms. The van der Waals surface area contributed by atoms with Gasteiger partial charge in [-0.2, -0.15) is 0 Å². The van der Waals surface area contributed by atoms with Crippen LogP contribution in [0.5, 0.6) is 5.75 Å². The second kappa shape index (κ2) is 7.71. The number of benzene rings is 3. The van der Waals surface area contributed by atoms with E-state index in [0.717, 1.165) is 21.0 Å². The number of halogens is 1. The van der Waals surface area contributed by atoms with Crippen LogP contribution in [0.1, 0.15) is 30.9 Å². The Kier molecular flexibility index (Phi) is 5.36. The van der Waals surface area contributed by atoms with E-state index in [1.165, 1.54) is 6.07 Å². The molecule has 1 atom stereocenters. The average Bonchev–Trinajstić information content (AvgIpc) is 3.15. The van der Waals surface area contributed by atoms with Crippen molar-refractivity contribution in [1.82, 2.24) is 4.72 Å². The highest BCUT2D eigenvalue weighted by Gasteiger charge is 2.48. The molecule has 0 aliphatic heterocycles. The number of sulfonamides is 1. The first-order valence-corrected chi connectivity index (χ1v) is 12.0. The molecule has 3 aromatic carbocycles. The van der Waals surface area contributed by atoms with Gasteiger partial charge in [0.1, 0.15) is 5.75 Å². The minimum atomic E-state index is -4.06. The number of fused-ring (bicyclic) bond motifs is 2. The minimum absolute atomic E-state index is 0.0969. The van der Waals surface area contributed by atoms with Gasteiger partial charge in [-0.15, -0.1) is 0 Å². The molecular weight excluding hydrogens is 466 g/mol. The van der Waals surface area contributed by atoms with Gasteiger partial charge in [0.25, 0.3) is 10.0 Å². The summed E-state index contributed by atoms with van der Waals surface area (Å²) in [6, 6.07) is 16.0. The highest BCUT2D eigenvalue weighted by Crippen LogP contribution is 2.49. The molecular formula is C23H22BrNO4S. The molecule has 30 heavy (non-hydrogen) atoms. The third-order valence-electron chi connectivity index (χ3n) is 6.02. The molecule has 4 rings (SSSR count). The van der Waals surface area contributed by atoms with Gasteiger partial charge in [0.15, 0.2) is 0 Å². The molecule has 156 valence electrons. The van der Waals surface area contributed by atoms with E-state index in [4.69, 9.17) is 4.74 Å². The molecule has 5 nitrogen and oxygen atoms in total. The van der Waals surface area contributed by atoms with E-state index in [1.807, 2.05) is 37.3 Å². The predicted octanol–water partition coefficient (Wildman–Crippen LogP) is 4.71. The lowest BCUT2D eigenvalue weighted by atomic mass is 9.78. The predicted molar refractivity (Wildman–Crippen MR) is 120 cm³/mol. The number of ether oxygens (including phenoxy) is 1. The lowest BCUT2D eigenvalue weighted by Crippen LogP contribution is -2.45. The summed E-state index contributed by atoms with van der Waals surface area (Å²) < 4.78 is 35.3. The topological polar surface area (TPSA) is 72.5 Å². The number of carbonyl (C=O) groups excluding carboxylic acids is 1. The second-order valence-electron chi connectivity index (χ2n) is 7.45. The van der Waals surface area contributed by atoms with Crippen LogP contribution in [0.25, 0.3) is 10.8 Å². The van der Waals surface area contributed by atoms with E-state index in [1.54, 1.807) is 25.3 Å². The van der Waals surface area contributed by atoms with Gasteiger partial charge in [-0.1, -0.05) is 59.3 Å². The molecule has 0 saturated heterocycles. The van der Waals surface area contributed by atoms with Gasteiger partial charge < -0.3 is 4.74 Å². The Balaban J connectivity index is 1.78. The van der Waals surface area contributed by atoms with Crippen LogP contribution in [0.4, 0.5) is 0 Å². The van der Waals surface area contributed by atoms with Crippen molar-refractivity contribution in [3.8, 4) is 5.75 Å². The molecule has 0 aromatic heterocycles. The first-order chi connectivity index (χ1) is 14.3. The molecule has 3 aromatic rings. The third kappa shape index (κ3) is 3.20. The van der Waals surface area contributed by atoms with Gasteiger partial charge in [-0.25, -0.2) is 13.1 Å². The Labute approximate surface area is 184 Å². The number of nitrogens with one attached hydrogen (secondary N) is 1. The molecule has 0 radical (unpaired) electrons. The number of hydrogen-bond donors (Lipinski definition) is 1. The fourth-order valence-electron chi connectivity index (χ4n) is 4.45. The Bertz CT molecular complexity index is 1250. The van der Waals surface area contributed by atoms with Crippen LogP contribution >= 0.6 is 15.9 Å². The molecule has 1 aliphatic rings. The van der Waals surface area contributed by atoms with E-state index in [9.17, 15) is 13.2 Å². The number of carbonyl (C=O) groups is 1. The zero-order chi connectivity index (χ0) is 21.5. The van der Waals surface area contributed by atoms with Crippen LogP contribution in [-0.2, 0) is 26.7 Å². The van der Waals surface area contributed by atoms with Crippen LogP contribution in [0, 0.1) is 0 Å². The van der Waals surface area contributed by atoms with Crippen molar-refractivity contribution in [2.45, 2.75) is 36.5 Å². The van der Waals surface area contributed by atoms with Crippen LogP contribution in [0.2, 0.25) is 0 Å². The minimum Gasteiger partial charge on any atom is -0.496 e. The average molecular weight is 488 g/mol. The van der Waals surface area contributed by atoms with Gasteiger partial charge in [0.2, 0.25) is 5.91 Å². The number of methoxy groups -OCH3 is 1. The molecule has 1 unspecified atom stereocenters. The molecule has 0 heterocycles.